The fraction of sp³-hybridized carbons (Fsp3) is 0.667. The lowest BCUT2D eigenvalue weighted by atomic mass is 10.2. The van der Waals surface area contributed by atoms with E-state index in [0.29, 0.717) is 11.7 Å². The van der Waals surface area contributed by atoms with Crippen LogP contribution in [0.5, 0.6) is 0 Å². The number of aliphatic hydroxyl groups is 1. The molecule has 1 unspecified atom stereocenters. The summed E-state index contributed by atoms with van der Waals surface area (Å²) in [5, 5.41) is 14.2. The van der Waals surface area contributed by atoms with E-state index in [-0.39, 0.29) is 18.6 Å². The van der Waals surface area contributed by atoms with Gasteiger partial charge in [-0.25, -0.2) is 4.98 Å². The van der Waals surface area contributed by atoms with Crippen molar-refractivity contribution in [2.45, 2.75) is 13.0 Å². The zero-order chi connectivity index (χ0) is 13.7. The normalized spacial score (nSPS) is 19.3. The Balaban J connectivity index is 1.80. The third kappa shape index (κ3) is 3.97. The molecular formula is C12H20N4O2S. The van der Waals surface area contributed by atoms with Crippen molar-refractivity contribution in [3.63, 3.8) is 0 Å². The van der Waals surface area contributed by atoms with Gasteiger partial charge in [-0.1, -0.05) is 0 Å². The Bertz CT molecular complexity index is 390. The third-order valence-electron chi connectivity index (χ3n) is 3.41. The molecule has 2 N–H and O–H groups in total. The average Bonchev–Trinajstić information content (AvgIpc) is 2.92. The van der Waals surface area contributed by atoms with Gasteiger partial charge >= 0.3 is 0 Å². The number of nitrogens with zero attached hydrogens (tertiary/aromatic N) is 3. The van der Waals surface area contributed by atoms with Crippen molar-refractivity contribution in [3.05, 3.63) is 11.6 Å². The highest BCUT2D eigenvalue weighted by Gasteiger charge is 2.25. The lowest BCUT2D eigenvalue weighted by Gasteiger charge is -2.37. The van der Waals surface area contributed by atoms with Gasteiger partial charge in [-0.15, -0.1) is 11.3 Å². The maximum absolute atomic E-state index is 12.1. The SMILES string of the molecule is CC(C(=O)Nc1nccs1)N1CCN(CCO)CC1. The van der Waals surface area contributed by atoms with Crippen molar-refractivity contribution in [1.29, 1.82) is 0 Å². The highest BCUT2D eigenvalue weighted by Crippen LogP contribution is 2.13. The van der Waals surface area contributed by atoms with E-state index >= 15 is 0 Å². The largest absolute Gasteiger partial charge is 0.395 e. The van der Waals surface area contributed by atoms with E-state index in [1.165, 1.54) is 11.3 Å². The van der Waals surface area contributed by atoms with Gasteiger partial charge in [0.25, 0.3) is 0 Å². The number of hydrogen-bond donors (Lipinski definition) is 2. The summed E-state index contributed by atoms with van der Waals surface area (Å²) in [6.07, 6.45) is 1.68. The van der Waals surface area contributed by atoms with Crippen LogP contribution in [0.4, 0.5) is 5.13 Å². The minimum absolute atomic E-state index is 0.00874. The number of amides is 1. The number of nitrogens with one attached hydrogen (secondary N) is 1. The van der Waals surface area contributed by atoms with Gasteiger partial charge in [0.05, 0.1) is 12.6 Å². The van der Waals surface area contributed by atoms with Crippen molar-refractivity contribution in [1.82, 2.24) is 14.8 Å². The third-order valence-corrected chi connectivity index (χ3v) is 4.10. The molecule has 2 rings (SSSR count). The standard InChI is InChI=1S/C12H20N4O2S/c1-10(11(18)14-12-13-2-9-19-12)16-5-3-15(4-6-16)7-8-17/h2,9-10,17H,3-8H2,1H3,(H,13,14,18). The van der Waals surface area contributed by atoms with E-state index < -0.39 is 0 Å². The van der Waals surface area contributed by atoms with E-state index in [2.05, 4.69) is 20.1 Å². The Labute approximate surface area is 117 Å². The number of aromatic nitrogens is 1. The first-order valence-electron chi connectivity index (χ1n) is 6.48. The molecule has 0 saturated carbocycles. The summed E-state index contributed by atoms with van der Waals surface area (Å²) in [5.41, 5.74) is 0. The summed E-state index contributed by atoms with van der Waals surface area (Å²) < 4.78 is 0. The Hall–Kier alpha value is -1.02. The molecule has 0 spiro atoms. The van der Waals surface area contributed by atoms with Gasteiger partial charge in [0.1, 0.15) is 0 Å². The lowest BCUT2D eigenvalue weighted by molar-refractivity contribution is -0.121. The predicted molar refractivity (Wildman–Crippen MR) is 75.3 cm³/mol. The van der Waals surface area contributed by atoms with Gasteiger partial charge < -0.3 is 10.4 Å². The molecule has 1 aromatic rings. The number of β-amino-alcohol motifs (C(OH)–C–C–N with tert-alkyl or cyclic N) is 1. The van der Waals surface area contributed by atoms with Crippen LogP contribution < -0.4 is 5.32 Å². The van der Waals surface area contributed by atoms with E-state index in [4.69, 9.17) is 5.11 Å². The van der Waals surface area contributed by atoms with Gasteiger partial charge in [-0.2, -0.15) is 0 Å². The molecular weight excluding hydrogens is 264 g/mol. The molecule has 106 valence electrons. The molecule has 0 aliphatic carbocycles. The van der Waals surface area contributed by atoms with E-state index in [1.807, 2.05) is 12.3 Å². The minimum atomic E-state index is -0.153. The highest BCUT2D eigenvalue weighted by atomic mass is 32.1. The van der Waals surface area contributed by atoms with Crippen molar-refractivity contribution < 1.29 is 9.90 Å². The van der Waals surface area contributed by atoms with Crippen LogP contribution in [0.25, 0.3) is 0 Å². The maximum atomic E-state index is 12.1. The second-order valence-corrected chi connectivity index (χ2v) is 5.50. The number of thiazole rings is 1. The maximum Gasteiger partial charge on any atom is 0.243 e. The van der Waals surface area contributed by atoms with Crippen LogP contribution in [-0.2, 0) is 4.79 Å². The zero-order valence-electron chi connectivity index (χ0n) is 11.1. The number of aliphatic hydroxyl groups excluding tert-OH is 1. The van der Waals surface area contributed by atoms with E-state index in [9.17, 15) is 4.79 Å². The van der Waals surface area contributed by atoms with Crippen LogP contribution in [0.1, 0.15) is 6.92 Å². The summed E-state index contributed by atoms with van der Waals surface area (Å²) in [6.45, 7) is 6.34. The highest BCUT2D eigenvalue weighted by molar-refractivity contribution is 7.13. The minimum Gasteiger partial charge on any atom is -0.395 e. The predicted octanol–water partition coefficient (Wildman–Crippen LogP) is 0.0800. The molecule has 19 heavy (non-hydrogen) atoms. The average molecular weight is 284 g/mol. The molecule has 1 amide bonds. The lowest BCUT2D eigenvalue weighted by Crippen LogP contribution is -2.53. The van der Waals surface area contributed by atoms with E-state index in [1.54, 1.807) is 6.20 Å². The first kappa shape index (κ1) is 14.4. The van der Waals surface area contributed by atoms with Crippen LogP contribution in [-0.4, -0.2) is 71.2 Å². The first-order chi connectivity index (χ1) is 9.20. The molecule has 0 aromatic carbocycles. The number of rotatable bonds is 5. The van der Waals surface area contributed by atoms with Gasteiger partial charge in [-0.3, -0.25) is 14.6 Å². The smallest absolute Gasteiger partial charge is 0.243 e. The molecule has 1 aromatic heterocycles. The Kier molecular flexibility index (Phi) is 5.26. The zero-order valence-corrected chi connectivity index (χ0v) is 11.9. The summed E-state index contributed by atoms with van der Waals surface area (Å²) in [7, 11) is 0. The molecule has 1 aliphatic rings. The van der Waals surface area contributed by atoms with Crippen molar-refractivity contribution in [3.8, 4) is 0 Å². The second kappa shape index (κ2) is 6.95. The van der Waals surface area contributed by atoms with Crippen LogP contribution in [0.3, 0.4) is 0 Å². The van der Waals surface area contributed by atoms with Crippen molar-refractivity contribution in [2.24, 2.45) is 0 Å². The molecule has 1 saturated heterocycles. The summed E-state index contributed by atoms with van der Waals surface area (Å²) in [5.74, 6) is -0.00874. The number of anilines is 1. The molecule has 0 radical (unpaired) electrons. The summed E-state index contributed by atoms with van der Waals surface area (Å²) in [4.78, 5) is 20.5. The molecule has 6 nitrogen and oxygen atoms in total. The molecule has 1 atom stereocenters. The Morgan fingerprint density at radius 1 is 1.53 bits per heavy atom. The van der Waals surface area contributed by atoms with Gasteiger partial charge in [0.2, 0.25) is 5.91 Å². The molecule has 7 heteroatoms. The second-order valence-electron chi connectivity index (χ2n) is 4.60. The molecule has 1 fully saturated rings. The first-order valence-corrected chi connectivity index (χ1v) is 7.36. The topological polar surface area (TPSA) is 68.7 Å². The Morgan fingerprint density at radius 3 is 2.84 bits per heavy atom. The van der Waals surface area contributed by atoms with Crippen molar-refractivity contribution in [2.75, 3.05) is 44.6 Å². The van der Waals surface area contributed by atoms with Gasteiger partial charge in [0.15, 0.2) is 5.13 Å². The molecule has 1 aliphatic heterocycles. The quantitative estimate of drug-likeness (QED) is 0.801. The van der Waals surface area contributed by atoms with E-state index in [0.717, 1.165) is 26.2 Å². The monoisotopic (exact) mass is 284 g/mol. The summed E-state index contributed by atoms with van der Waals surface area (Å²) >= 11 is 1.42. The number of carbonyl (C=O) groups excluding carboxylic acids is 1. The van der Waals surface area contributed by atoms with Crippen LogP contribution in [0.2, 0.25) is 0 Å². The van der Waals surface area contributed by atoms with Crippen molar-refractivity contribution >= 4 is 22.4 Å². The van der Waals surface area contributed by atoms with Crippen LogP contribution in [0, 0.1) is 0 Å². The number of piperazine rings is 1. The number of hydrogen-bond acceptors (Lipinski definition) is 6. The van der Waals surface area contributed by atoms with Crippen LogP contribution >= 0.6 is 11.3 Å². The van der Waals surface area contributed by atoms with Gasteiger partial charge in [-0.05, 0) is 6.92 Å². The molecule has 0 bridgehead atoms. The van der Waals surface area contributed by atoms with Gasteiger partial charge in [0, 0.05) is 44.3 Å². The fourth-order valence-electron chi connectivity index (χ4n) is 2.18. The Morgan fingerprint density at radius 2 is 2.26 bits per heavy atom. The summed E-state index contributed by atoms with van der Waals surface area (Å²) in [6, 6.07) is -0.153. The van der Waals surface area contributed by atoms with Crippen LogP contribution in [0.15, 0.2) is 11.6 Å². The fourth-order valence-corrected chi connectivity index (χ4v) is 2.71. The number of carbonyl (C=O) groups is 1. The molecule has 2 heterocycles.